The third-order valence-electron chi connectivity index (χ3n) is 5.84. The van der Waals surface area contributed by atoms with E-state index in [0.717, 1.165) is 58.5 Å². The van der Waals surface area contributed by atoms with Crippen molar-refractivity contribution in [3.05, 3.63) is 35.4 Å². The first-order chi connectivity index (χ1) is 12.6. The number of likely N-dealkylation sites (tertiary alicyclic amines) is 1. The van der Waals surface area contributed by atoms with Gasteiger partial charge in [-0.25, -0.2) is 0 Å². The van der Waals surface area contributed by atoms with Gasteiger partial charge in [0.15, 0.2) is 0 Å². The predicted molar refractivity (Wildman–Crippen MR) is 103 cm³/mol. The molecule has 0 spiro atoms. The van der Waals surface area contributed by atoms with Gasteiger partial charge in [0.05, 0.1) is 0 Å². The lowest BCUT2D eigenvalue weighted by atomic mass is 9.98. The number of amides is 2. The summed E-state index contributed by atoms with van der Waals surface area (Å²) in [6.45, 7) is 9.61. The first kappa shape index (κ1) is 18.9. The van der Waals surface area contributed by atoms with Crippen molar-refractivity contribution in [1.29, 1.82) is 0 Å². The fraction of sp³-hybridized carbons (Fsp3) is 0.619. The molecule has 1 atom stereocenters. The van der Waals surface area contributed by atoms with E-state index < -0.39 is 0 Å². The summed E-state index contributed by atoms with van der Waals surface area (Å²) in [7, 11) is 0. The molecule has 0 aliphatic carbocycles. The minimum Gasteiger partial charge on any atom is -0.336 e. The summed E-state index contributed by atoms with van der Waals surface area (Å²) in [4.78, 5) is 31.8. The molecular formula is C21H31N3O2. The van der Waals surface area contributed by atoms with Crippen molar-refractivity contribution in [3.8, 4) is 0 Å². The summed E-state index contributed by atoms with van der Waals surface area (Å²) >= 11 is 0. The number of benzene rings is 1. The van der Waals surface area contributed by atoms with Crippen LogP contribution in [0.5, 0.6) is 0 Å². The summed E-state index contributed by atoms with van der Waals surface area (Å²) < 4.78 is 0. The van der Waals surface area contributed by atoms with Gasteiger partial charge in [-0.2, -0.15) is 0 Å². The molecule has 142 valence electrons. The molecule has 0 N–H and O–H groups in total. The number of rotatable bonds is 4. The largest absolute Gasteiger partial charge is 0.336 e. The normalized spacial score (nSPS) is 21.7. The smallest absolute Gasteiger partial charge is 0.254 e. The maximum absolute atomic E-state index is 12.8. The Morgan fingerprint density at radius 1 is 0.885 bits per heavy atom. The number of carbonyl (C=O) groups is 2. The molecule has 26 heavy (non-hydrogen) atoms. The molecule has 1 unspecified atom stereocenters. The number of nitrogens with zero attached hydrogens (tertiary/aromatic N) is 3. The van der Waals surface area contributed by atoms with Gasteiger partial charge in [-0.05, 0) is 56.5 Å². The summed E-state index contributed by atoms with van der Waals surface area (Å²) in [5, 5.41) is 0. The molecule has 2 fully saturated rings. The number of piperidine rings is 1. The number of piperazine rings is 1. The Hall–Kier alpha value is -1.88. The van der Waals surface area contributed by atoms with Crippen molar-refractivity contribution in [3.63, 3.8) is 0 Å². The molecule has 2 heterocycles. The zero-order valence-electron chi connectivity index (χ0n) is 16.1. The van der Waals surface area contributed by atoms with Gasteiger partial charge in [0.2, 0.25) is 0 Å². The van der Waals surface area contributed by atoms with E-state index in [1.54, 1.807) is 0 Å². The molecular weight excluding hydrogens is 326 g/mol. The average molecular weight is 357 g/mol. The van der Waals surface area contributed by atoms with Gasteiger partial charge in [-0.15, -0.1) is 0 Å². The van der Waals surface area contributed by atoms with Gasteiger partial charge < -0.3 is 14.7 Å². The average Bonchev–Trinajstić information content (AvgIpc) is 2.73. The first-order valence-electron chi connectivity index (χ1n) is 10.1. The van der Waals surface area contributed by atoms with E-state index in [2.05, 4.69) is 18.7 Å². The molecule has 5 nitrogen and oxygen atoms in total. The summed E-state index contributed by atoms with van der Waals surface area (Å²) in [6, 6.07) is 7.62. The quantitative estimate of drug-likeness (QED) is 0.832. The second kappa shape index (κ2) is 8.67. The number of hydrogen-bond donors (Lipinski definition) is 0. The highest BCUT2D eigenvalue weighted by atomic mass is 16.2. The third-order valence-corrected chi connectivity index (χ3v) is 5.84. The SMILES string of the molecule is CCC1CCCCN1C(=O)c1ccc(C(=O)N2CCN(CC)CC2)cc1. The van der Waals surface area contributed by atoms with E-state index >= 15 is 0 Å². The van der Waals surface area contributed by atoms with E-state index in [1.807, 2.05) is 34.1 Å². The Labute approximate surface area is 156 Å². The van der Waals surface area contributed by atoms with Crippen LogP contribution in [0.25, 0.3) is 0 Å². The lowest BCUT2D eigenvalue weighted by Crippen LogP contribution is -2.48. The summed E-state index contributed by atoms with van der Waals surface area (Å²) in [5.41, 5.74) is 1.37. The van der Waals surface area contributed by atoms with Crippen molar-refractivity contribution < 1.29 is 9.59 Å². The molecule has 1 aromatic carbocycles. The highest BCUT2D eigenvalue weighted by Crippen LogP contribution is 2.22. The maximum Gasteiger partial charge on any atom is 0.254 e. The van der Waals surface area contributed by atoms with Gasteiger partial charge in [0.1, 0.15) is 0 Å². The lowest BCUT2D eigenvalue weighted by Gasteiger charge is -2.35. The van der Waals surface area contributed by atoms with Crippen LogP contribution in [0.4, 0.5) is 0 Å². The molecule has 0 radical (unpaired) electrons. The van der Waals surface area contributed by atoms with Gasteiger partial charge in [-0.3, -0.25) is 9.59 Å². The fourth-order valence-corrected chi connectivity index (χ4v) is 4.06. The van der Waals surface area contributed by atoms with Crippen LogP contribution < -0.4 is 0 Å². The molecule has 0 bridgehead atoms. The summed E-state index contributed by atoms with van der Waals surface area (Å²) in [5.74, 6) is 0.177. The van der Waals surface area contributed by atoms with E-state index in [-0.39, 0.29) is 11.8 Å². The van der Waals surface area contributed by atoms with Crippen LogP contribution in [-0.2, 0) is 0 Å². The van der Waals surface area contributed by atoms with Gasteiger partial charge in [0.25, 0.3) is 11.8 Å². The number of carbonyl (C=O) groups excluding carboxylic acids is 2. The molecule has 0 saturated carbocycles. The Bertz CT molecular complexity index is 621. The minimum atomic E-state index is 0.0733. The Morgan fingerprint density at radius 3 is 2.08 bits per heavy atom. The van der Waals surface area contributed by atoms with Crippen LogP contribution in [0.3, 0.4) is 0 Å². The van der Waals surface area contributed by atoms with Crippen molar-refractivity contribution in [2.45, 2.75) is 45.6 Å². The van der Waals surface area contributed by atoms with Crippen molar-refractivity contribution in [1.82, 2.24) is 14.7 Å². The highest BCUT2D eigenvalue weighted by molar-refractivity contribution is 5.98. The molecule has 0 aromatic heterocycles. The molecule has 1 aromatic rings. The van der Waals surface area contributed by atoms with Crippen LogP contribution >= 0.6 is 0 Å². The minimum absolute atomic E-state index is 0.0733. The number of likely N-dealkylation sites (N-methyl/N-ethyl adjacent to an activating group) is 1. The van der Waals surface area contributed by atoms with Crippen molar-refractivity contribution in [2.75, 3.05) is 39.3 Å². The molecule has 2 saturated heterocycles. The molecule has 2 amide bonds. The Kier molecular flexibility index (Phi) is 6.30. The van der Waals surface area contributed by atoms with E-state index in [9.17, 15) is 9.59 Å². The molecule has 3 rings (SSSR count). The van der Waals surface area contributed by atoms with E-state index in [4.69, 9.17) is 0 Å². The zero-order chi connectivity index (χ0) is 18.5. The van der Waals surface area contributed by atoms with Gasteiger partial charge in [0, 0.05) is 49.9 Å². The Morgan fingerprint density at radius 2 is 1.50 bits per heavy atom. The summed E-state index contributed by atoms with van der Waals surface area (Å²) in [6.07, 6.45) is 4.40. The van der Waals surface area contributed by atoms with Crippen molar-refractivity contribution in [2.24, 2.45) is 0 Å². The van der Waals surface area contributed by atoms with Gasteiger partial charge >= 0.3 is 0 Å². The van der Waals surface area contributed by atoms with Gasteiger partial charge in [-0.1, -0.05) is 13.8 Å². The molecule has 5 heteroatoms. The second-order valence-corrected chi connectivity index (χ2v) is 7.36. The standard InChI is InChI=1S/C21H31N3O2/c1-3-19-7-5-6-12-24(19)21(26)18-10-8-17(9-11-18)20(25)23-15-13-22(4-2)14-16-23/h8-11,19H,3-7,12-16H2,1-2H3. The van der Waals surface area contributed by atoms with Crippen LogP contribution in [0.1, 0.15) is 60.2 Å². The van der Waals surface area contributed by atoms with Crippen LogP contribution in [-0.4, -0.2) is 71.8 Å². The van der Waals surface area contributed by atoms with Crippen LogP contribution in [0, 0.1) is 0 Å². The van der Waals surface area contributed by atoms with E-state index in [0.29, 0.717) is 17.2 Å². The predicted octanol–water partition coefficient (Wildman–Crippen LogP) is 2.87. The maximum atomic E-state index is 12.8. The monoisotopic (exact) mass is 357 g/mol. The second-order valence-electron chi connectivity index (χ2n) is 7.36. The van der Waals surface area contributed by atoms with Crippen molar-refractivity contribution >= 4 is 11.8 Å². The Balaban J connectivity index is 1.64. The zero-order valence-corrected chi connectivity index (χ0v) is 16.1. The fourth-order valence-electron chi connectivity index (χ4n) is 4.06. The lowest BCUT2D eigenvalue weighted by molar-refractivity contribution is 0.0604. The first-order valence-corrected chi connectivity index (χ1v) is 10.1. The molecule has 2 aliphatic rings. The molecule has 2 aliphatic heterocycles. The number of hydrogen-bond acceptors (Lipinski definition) is 3. The third kappa shape index (κ3) is 4.09. The topological polar surface area (TPSA) is 43.9 Å². The highest BCUT2D eigenvalue weighted by Gasteiger charge is 2.26. The van der Waals surface area contributed by atoms with Crippen LogP contribution in [0.15, 0.2) is 24.3 Å². The van der Waals surface area contributed by atoms with E-state index in [1.165, 1.54) is 6.42 Å². The van der Waals surface area contributed by atoms with Crippen LogP contribution in [0.2, 0.25) is 0 Å².